The van der Waals surface area contributed by atoms with Crippen LogP contribution >= 0.6 is 0 Å². The van der Waals surface area contributed by atoms with Gasteiger partial charge in [-0.2, -0.15) is 22.9 Å². The van der Waals surface area contributed by atoms with Gasteiger partial charge in [0.2, 0.25) is 27.5 Å². The first-order valence-corrected chi connectivity index (χ1v) is 10.8. The summed E-state index contributed by atoms with van der Waals surface area (Å²) in [6, 6.07) is 5.51. The molecule has 0 aliphatic rings. The molecule has 3 rings (SSSR count). The standard InChI is InChI=1S/C20H20F3N3O6S/c1-11(26-33(27,28)14-7-5-6-13(10-14)20(21,22)23)19-24-18(25-32-19)12-8-15(29-2)17(31-4)16(9-12)30-3/h5-11,26H,1-4H3/t11-/m0/s1. The van der Waals surface area contributed by atoms with Gasteiger partial charge in [-0.3, -0.25) is 0 Å². The Labute approximate surface area is 187 Å². The summed E-state index contributed by atoms with van der Waals surface area (Å²) in [5, 5.41) is 3.84. The van der Waals surface area contributed by atoms with E-state index in [0.29, 0.717) is 28.9 Å². The normalized spacial score (nSPS) is 12.9. The van der Waals surface area contributed by atoms with Crippen molar-refractivity contribution >= 4 is 10.0 Å². The van der Waals surface area contributed by atoms with Crippen LogP contribution in [0, 0.1) is 0 Å². The van der Waals surface area contributed by atoms with Crippen molar-refractivity contribution in [3.63, 3.8) is 0 Å². The van der Waals surface area contributed by atoms with Gasteiger partial charge < -0.3 is 18.7 Å². The minimum absolute atomic E-state index is 0.102. The fraction of sp³-hybridized carbons (Fsp3) is 0.300. The number of hydrogen-bond acceptors (Lipinski definition) is 8. The largest absolute Gasteiger partial charge is 0.493 e. The maximum absolute atomic E-state index is 12.9. The van der Waals surface area contributed by atoms with Crippen LogP contribution in [0.25, 0.3) is 11.4 Å². The van der Waals surface area contributed by atoms with E-state index in [4.69, 9.17) is 18.7 Å². The van der Waals surface area contributed by atoms with Gasteiger partial charge in [0.15, 0.2) is 11.5 Å². The van der Waals surface area contributed by atoms with E-state index in [2.05, 4.69) is 14.9 Å². The van der Waals surface area contributed by atoms with E-state index in [1.807, 2.05) is 0 Å². The van der Waals surface area contributed by atoms with Gasteiger partial charge in [0, 0.05) is 5.56 Å². The SMILES string of the molecule is COc1cc(-c2noc([C@H](C)NS(=O)(=O)c3cccc(C(F)(F)F)c3)n2)cc(OC)c1OC. The number of methoxy groups -OCH3 is 3. The van der Waals surface area contributed by atoms with E-state index in [9.17, 15) is 21.6 Å². The third-order valence-electron chi connectivity index (χ3n) is 4.54. The summed E-state index contributed by atoms with van der Waals surface area (Å²) in [4.78, 5) is 3.64. The predicted octanol–water partition coefficient (Wildman–Crippen LogP) is 3.82. The molecule has 0 spiro atoms. The lowest BCUT2D eigenvalue weighted by atomic mass is 10.1. The Morgan fingerprint density at radius 1 is 1.03 bits per heavy atom. The van der Waals surface area contributed by atoms with E-state index < -0.39 is 32.7 Å². The van der Waals surface area contributed by atoms with Gasteiger partial charge in [-0.25, -0.2) is 8.42 Å². The lowest BCUT2D eigenvalue weighted by molar-refractivity contribution is -0.137. The zero-order chi connectivity index (χ0) is 24.4. The topological polar surface area (TPSA) is 113 Å². The Bertz CT molecular complexity index is 1220. The molecule has 0 aliphatic heterocycles. The van der Waals surface area contributed by atoms with Gasteiger partial charge in [0.1, 0.15) is 0 Å². The van der Waals surface area contributed by atoms with Gasteiger partial charge in [-0.15, -0.1) is 0 Å². The van der Waals surface area contributed by atoms with E-state index in [-0.39, 0.29) is 11.7 Å². The molecule has 0 bridgehead atoms. The summed E-state index contributed by atoms with van der Waals surface area (Å²) in [5.41, 5.74) is -0.645. The Hall–Kier alpha value is -3.32. The molecular formula is C20H20F3N3O6S. The van der Waals surface area contributed by atoms with Crippen LogP contribution in [0.15, 0.2) is 45.8 Å². The number of nitrogens with one attached hydrogen (secondary N) is 1. The van der Waals surface area contributed by atoms with Gasteiger partial charge in [-0.05, 0) is 37.3 Å². The zero-order valence-electron chi connectivity index (χ0n) is 17.9. The number of halogens is 3. The summed E-state index contributed by atoms with van der Waals surface area (Å²) in [5.74, 6) is 1.05. The van der Waals surface area contributed by atoms with Gasteiger partial charge in [0.05, 0.1) is 37.8 Å². The van der Waals surface area contributed by atoms with Crippen molar-refractivity contribution in [3.05, 3.63) is 47.9 Å². The fourth-order valence-corrected chi connectivity index (χ4v) is 4.17. The highest BCUT2D eigenvalue weighted by atomic mass is 32.2. The predicted molar refractivity (Wildman–Crippen MR) is 110 cm³/mol. The number of rotatable bonds is 8. The summed E-state index contributed by atoms with van der Waals surface area (Å²) in [6.45, 7) is 1.41. The number of alkyl halides is 3. The van der Waals surface area contributed by atoms with Crippen LogP contribution in [0.2, 0.25) is 0 Å². The molecule has 1 atom stereocenters. The lowest BCUT2D eigenvalue weighted by Crippen LogP contribution is -2.27. The molecule has 0 saturated carbocycles. The number of nitrogens with zero attached hydrogens (tertiary/aromatic N) is 2. The van der Waals surface area contributed by atoms with Crippen molar-refractivity contribution in [2.75, 3.05) is 21.3 Å². The highest BCUT2D eigenvalue weighted by Gasteiger charge is 2.32. The number of benzene rings is 2. The van der Waals surface area contributed by atoms with E-state index in [1.165, 1.54) is 28.3 Å². The molecule has 33 heavy (non-hydrogen) atoms. The molecule has 13 heteroatoms. The molecule has 0 fully saturated rings. The summed E-state index contributed by atoms with van der Waals surface area (Å²) in [6.07, 6.45) is -4.68. The number of hydrogen-bond donors (Lipinski definition) is 1. The van der Waals surface area contributed by atoms with Crippen LogP contribution in [0.5, 0.6) is 17.2 Å². The lowest BCUT2D eigenvalue weighted by Gasteiger charge is -2.13. The average molecular weight is 487 g/mol. The van der Waals surface area contributed by atoms with Gasteiger partial charge in [-0.1, -0.05) is 11.2 Å². The van der Waals surface area contributed by atoms with E-state index in [0.717, 1.165) is 18.2 Å². The highest BCUT2D eigenvalue weighted by molar-refractivity contribution is 7.89. The van der Waals surface area contributed by atoms with Crippen LogP contribution in [0.1, 0.15) is 24.4 Å². The third kappa shape index (κ3) is 5.20. The molecule has 0 radical (unpaired) electrons. The summed E-state index contributed by atoms with van der Waals surface area (Å²) in [7, 11) is 0.0143. The second-order valence-corrected chi connectivity index (χ2v) is 8.45. The molecule has 1 aromatic heterocycles. The van der Waals surface area contributed by atoms with Crippen LogP contribution in [-0.2, 0) is 16.2 Å². The van der Waals surface area contributed by atoms with Crippen molar-refractivity contribution < 1.29 is 40.3 Å². The molecule has 0 unspecified atom stereocenters. The van der Waals surface area contributed by atoms with Crippen molar-refractivity contribution in [1.82, 2.24) is 14.9 Å². The Morgan fingerprint density at radius 3 is 2.21 bits per heavy atom. The van der Waals surface area contributed by atoms with Crippen LogP contribution < -0.4 is 18.9 Å². The average Bonchev–Trinajstić information content (AvgIpc) is 3.28. The Balaban J connectivity index is 1.87. The third-order valence-corrected chi connectivity index (χ3v) is 6.08. The molecule has 178 valence electrons. The maximum atomic E-state index is 12.9. The molecule has 0 amide bonds. The molecule has 1 heterocycles. The molecule has 3 aromatic rings. The maximum Gasteiger partial charge on any atom is 0.416 e. The van der Waals surface area contributed by atoms with Crippen LogP contribution in [-0.4, -0.2) is 39.9 Å². The highest BCUT2D eigenvalue weighted by Crippen LogP contribution is 2.40. The molecular weight excluding hydrogens is 467 g/mol. The molecule has 0 aliphatic carbocycles. The van der Waals surface area contributed by atoms with Crippen molar-refractivity contribution in [3.8, 4) is 28.6 Å². The summed E-state index contributed by atoms with van der Waals surface area (Å²) < 4.78 is 87.2. The van der Waals surface area contributed by atoms with Crippen molar-refractivity contribution in [1.29, 1.82) is 0 Å². The van der Waals surface area contributed by atoms with E-state index >= 15 is 0 Å². The fourth-order valence-electron chi connectivity index (χ4n) is 2.93. The number of ether oxygens (including phenoxy) is 3. The second-order valence-electron chi connectivity index (χ2n) is 6.74. The van der Waals surface area contributed by atoms with Crippen molar-refractivity contribution in [2.45, 2.75) is 24.0 Å². The molecule has 0 saturated heterocycles. The first-order valence-electron chi connectivity index (χ1n) is 9.33. The molecule has 2 aromatic carbocycles. The van der Waals surface area contributed by atoms with Crippen molar-refractivity contribution in [2.24, 2.45) is 0 Å². The van der Waals surface area contributed by atoms with E-state index in [1.54, 1.807) is 12.1 Å². The first kappa shape index (κ1) is 24.3. The van der Waals surface area contributed by atoms with Gasteiger partial charge in [0.25, 0.3) is 0 Å². The zero-order valence-corrected chi connectivity index (χ0v) is 18.7. The smallest absolute Gasteiger partial charge is 0.416 e. The second kappa shape index (κ2) is 9.27. The minimum Gasteiger partial charge on any atom is -0.493 e. The van der Waals surface area contributed by atoms with Crippen LogP contribution in [0.4, 0.5) is 13.2 Å². The summed E-state index contributed by atoms with van der Waals surface area (Å²) >= 11 is 0. The minimum atomic E-state index is -4.68. The monoisotopic (exact) mass is 487 g/mol. The van der Waals surface area contributed by atoms with Crippen LogP contribution in [0.3, 0.4) is 0 Å². The Kier molecular flexibility index (Phi) is 6.84. The molecule has 1 N–H and O–H groups in total. The number of sulfonamides is 1. The quantitative estimate of drug-likeness (QED) is 0.510. The first-order chi connectivity index (χ1) is 15.5. The van der Waals surface area contributed by atoms with Gasteiger partial charge >= 0.3 is 6.18 Å². The Morgan fingerprint density at radius 2 is 1.67 bits per heavy atom. The number of aromatic nitrogens is 2. The molecule has 9 nitrogen and oxygen atoms in total.